The van der Waals surface area contributed by atoms with E-state index in [0.29, 0.717) is 12.2 Å². The van der Waals surface area contributed by atoms with Gasteiger partial charge in [0.15, 0.2) is 0 Å². The summed E-state index contributed by atoms with van der Waals surface area (Å²) in [7, 11) is 0. The first-order valence-corrected chi connectivity index (χ1v) is 6.68. The van der Waals surface area contributed by atoms with Crippen LogP contribution in [0, 0.1) is 0 Å². The van der Waals surface area contributed by atoms with Crippen molar-refractivity contribution in [3.8, 4) is 0 Å². The Morgan fingerprint density at radius 1 is 1.00 bits per heavy atom. The van der Waals surface area contributed by atoms with Crippen molar-refractivity contribution in [2.75, 3.05) is 6.61 Å². The highest BCUT2D eigenvalue weighted by Gasteiger charge is 2.30. The van der Waals surface area contributed by atoms with Crippen LogP contribution in [0.3, 0.4) is 0 Å². The molecule has 0 amide bonds. The van der Waals surface area contributed by atoms with Crippen LogP contribution >= 0.6 is 0 Å². The first-order valence-electron chi connectivity index (χ1n) is 6.68. The van der Waals surface area contributed by atoms with Crippen molar-refractivity contribution in [3.05, 3.63) is 71.8 Å². The molecule has 2 aromatic rings. The second kappa shape index (κ2) is 6.87. The van der Waals surface area contributed by atoms with Crippen molar-refractivity contribution >= 4 is 5.97 Å². The molecule has 0 heterocycles. The summed E-state index contributed by atoms with van der Waals surface area (Å²) in [6, 6.07) is 18.4. The monoisotopic (exact) mass is 270 g/mol. The fourth-order valence-corrected chi connectivity index (χ4v) is 2.18. The van der Waals surface area contributed by atoms with Crippen LogP contribution in [0.15, 0.2) is 60.7 Å². The first-order chi connectivity index (χ1) is 9.74. The molecule has 0 saturated heterocycles. The largest absolute Gasteiger partial charge is 0.465 e. The molecular weight excluding hydrogens is 252 g/mol. The van der Waals surface area contributed by atoms with Crippen LogP contribution in [0.1, 0.15) is 30.1 Å². The number of aliphatic hydroxyl groups excluding tert-OH is 1. The molecule has 0 fully saturated rings. The lowest BCUT2D eigenvalue weighted by molar-refractivity contribution is -0.148. The molecule has 0 aliphatic heterocycles. The second-order valence-electron chi connectivity index (χ2n) is 4.50. The molecule has 0 aliphatic rings. The summed E-state index contributed by atoms with van der Waals surface area (Å²) in [6.07, 6.45) is -0.919. The second-order valence-corrected chi connectivity index (χ2v) is 4.50. The van der Waals surface area contributed by atoms with Gasteiger partial charge in [-0.3, -0.25) is 4.79 Å². The molecule has 2 aromatic carbocycles. The van der Waals surface area contributed by atoms with E-state index in [1.807, 2.05) is 48.5 Å². The van der Waals surface area contributed by atoms with E-state index < -0.39 is 18.0 Å². The Labute approximate surface area is 118 Å². The third kappa shape index (κ3) is 3.25. The molecule has 0 spiro atoms. The van der Waals surface area contributed by atoms with Gasteiger partial charge in [0.2, 0.25) is 0 Å². The average Bonchev–Trinajstić information content (AvgIpc) is 2.50. The van der Waals surface area contributed by atoms with Gasteiger partial charge in [-0.1, -0.05) is 60.7 Å². The van der Waals surface area contributed by atoms with Crippen molar-refractivity contribution in [2.45, 2.75) is 18.9 Å². The Morgan fingerprint density at radius 3 is 2.00 bits per heavy atom. The van der Waals surface area contributed by atoms with E-state index >= 15 is 0 Å². The number of aliphatic hydroxyl groups is 1. The van der Waals surface area contributed by atoms with E-state index in [1.165, 1.54) is 0 Å². The molecule has 0 radical (unpaired) electrons. The highest BCUT2D eigenvalue weighted by atomic mass is 16.5. The minimum atomic E-state index is -0.919. The van der Waals surface area contributed by atoms with Crippen molar-refractivity contribution < 1.29 is 14.6 Å². The van der Waals surface area contributed by atoms with Gasteiger partial charge < -0.3 is 9.84 Å². The smallest absolute Gasteiger partial charge is 0.316 e. The summed E-state index contributed by atoms with van der Waals surface area (Å²) in [6.45, 7) is 2.05. The van der Waals surface area contributed by atoms with Crippen molar-refractivity contribution in [1.82, 2.24) is 0 Å². The fraction of sp³-hybridized carbons (Fsp3) is 0.235. The normalized spacial score (nSPS) is 13.5. The topological polar surface area (TPSA) is 46.5 Å². The Morgan fingerprint density at radius 2 is 1.50 bits per heavy atom. The van der Waals surface area contributed by atoms with Crippen LogP contribution in [0.25, 0.3) is 0 Å². The van der Waals surface area contributed by atoms with Crippen LogP contribution in [0.5, 0.6) is 0 Å². The third-order valence-corrected chi connectivity index (χ3v) is 3.16. The molecule has 1 N–H and O–H groups in total. The van der Waals surface area contributed by atoms with E-state index in [2.05, 4.69) is 0 Å². The highest BCUT2D eigenvalue weighted by Crippen LogP contribution is 2.31. The summed E-state index contributed by atoms with van der Waals surface area (Å²) < 4.78 is 5.10. The molecule has 20 heavy (non-hydrogen) atoms. The van der Waals surface area contributed by atoms with Crippen LogP contribution in [0.4, 0.5) is 0 Å². The molecular formula is C17H18O3. The lowest BCUT2D eigenvalue weighted by atomic mass is 9.89. The quantitative estimate of drug-likeness (QED) is 0.849. The summed E-state index contributed by atoms with van der Waals surface area (Å²) in [5, 5.41) is 10.5. The van der Waals surface area contributed by atoms with Crippen molar-refractivity contribution in [3.63, 3.8) is 0 Å². The van der Waals surface area contributed by atoms with Gasteiger partial charge in [0.1, 0.15) is 5.92 Å². The maximum atomic E-state index is 12.2. The molecule has 0 saturated carbocycles. The van der Waals surface area contributed by atoms with Crippen LogP contribution in [-0.4, -0.2) is 17.7 Å². The van der Waals surface area contributed by atoms with Gasteiger partial charge in [-0.15, -0.1) is 0 Å². The minimum absolute atomic E-state index is 0.295. The van der Waals surface area contributed by atoms with Gasteiger partial charge in [0.25, 0.3) is 0 Å². The summed E-state index contributed by atoms with van der Waals surface area (Å²) in [4.78, 5) is 12.2. The number of hydrogen-bond acceptors (Lipinski definition) is 3. The minimum Gasteiger partial charge on any atom is -0.465 e. The van der Waals surface area contributed by atoms with E-state index in [4.69, 9.17) is 4.74 Å². The number of esters is 1. The Balaban J connectivity index is 2.34. The van der Waals surface area contributed by atoms with E-state index in [0.717, 1.165) is 5.56 Å². The standard InChI is InChI=1S/C17H18O3/c1-2-20-17(19)15(13-9-5-3-6-10-13)16(18)14-11-7-4-8-12-14/h3-12,15-16,18H,2H2,1H3/t15-,16+/m1/s1. The van der Waals surface area contributed by atoms with E-state index in [-0.39, 0.29) is 0 Å². The number of carbonyl (C=O) groups is 1. The van der Waals surface area contributed by atoms with Crippen LogP contribution in [0.2, 0.25) is 0 Å². The Hall–Kier alpha value is -2.13. The predicted octanol–water partition coefficient (Wildman–Crippen LogP) is 3.07. The summed E-state index contributed by atoms with van der Waals surface area (Å²) >= 11 is 0. The van der Waals surface area contributed by atoms with Crippen LogP contribution in [-0.2, 0) is 9.53 Å². The van der Waals surface area contributed by atoms with Gasteiger partial charge in [-0.05, 0) is 18.1 Å². The van der Waals surface area contributed by atoms with Crippen LogP contribution < -0.4 is 0 Å². The number of hydrogen-bond donors (Lipinski definition) is 1. The maximum absolute atomic E-state index is 12.2. The van der Waals surface area contributed by atoms with Gasteiger partial charge in [-0.2, -0.15) is 0 Å². The number of benzene rings is 2. The zero-order chi connectivity index (χ0) is 14.4. The summed E-state index contributed by atoms with van der Waals surface area (Å²) in [5.41, 5.74) is 1.46. The molecule has 104 valence electrons. The SMILES string of the molecule is CCOC(=O)[C@H](c1ccccc1)[C@@H](O)c1ccccc1. The number of rotatable bonds is 5. The average molecular weight is 270 g/mol. The zero-order valence-corrected chi connectivity index (χ0v) is 11.4. The summed E-state index contributed by atoms with van der Waals surface area (Å²) in [5.74, 6) is -1.12. The molecule has 2 rings (SSSR count). The molecule has 3 nitrogen and oxygen atoms in total. The van der Waals surface area contributed by atoms with Gasteiger partial charge in [0.05, 0.1) is 12.7 Å². The number of ether oxygens (including phenoxy) is 1. The lowest BCUT2D eigenvalue weighted by Gasteiger charge is -2.22. The van der Waals surface area contributed by atoms with E-state index in [9.17, 15) is 9.90 Å². The molecule has 0 aliphatic carbocycles. The lowest BCUT2D eigenvalue weighted by Crippen LogP contribution is -2.22. The first kappa shape index (κ1) is 14.3. The third-order valence-electron chi connectivity index (χ3n) is 3.16. The van der Waals surface area contributed by atoms with Gasteiger partial charge in [0, 0.05) is 0 Å². The number of carbonyl (C=O) groups excluding carboxylic acids is 1. The van der Waals surface area contributed by atoms with E-state index in [1.54, 1.807) is 19.1 Å². The highest BCUT2D eigenvalue weighted by molar-refractivity contribution is 5.79. The van der Waals surface area contributed by atoms with Gasteiger partial charge in [-0.25, -0.2) is 0 Å². The molecule has 3 heteroatoms. The Bertz CT molecular complexity index is 537. The predicted molar refractivity (Wildman–Crippen MR) is 77.2 cm³/mol. The Kier molecular flexibility index (Phi) is 4.91. The fourth-order valence-electron chi connectivity index (χ4n) is 2.18. The molecule has 0 bridgehead atoms. The van der Waals surface area contributed by atoms with Crippen molar-refractivity contribution in [1.29, 1.82) is 0 Å². The molecule has 0 unspecified atom stereocenters. The molecule has 0 aromatic heterocycles. The van der Waals surface area contributed by atoms with Gasteiger partial charge >= 0.3 is 5.97 Å². The maximum Gasteiger partial charge on any atom is 0.316 e. The zero-order valence-electron chi connectivity index (χ0n) is 11.4. The van der Waals surface area contributed by atoms with Crippen molar-refractivity contribution in [2.24, 2.45) is 0 Å². The molecule has 2 atom stereocenters.